The van der Waals surface area contributed by atoms with Gasteiger partial charge in [-0.2, -0.15) is 0 Å². The predicted octanol–water partition coefficient (Wildman–Crippen LogP) is 2.17. The molecule has 1 aromatic carbocycles. The first-order valence-corrected chi connectivity index (χ1v) is 6.81. The van der Waals surface area contributed by atoms with E-state index >= 15 is 0 Å². The minimum absolute atomic E-state index is 0.0126. The number of aromatic nitrogens is 3. The molecule has 0 amide bonds. The van der Waals surface area contributed by atoms with Gasteiger partial charge in [-0.1, -0.05) is 11.8 Å². The maximum Gasteiger partial charge on any atom is 0.344 e. The summed E-state index contributed by atoms with van der Waals surface area (Å²) in [5, 5.41) is 6.94. The van der Waals surface area contributed by atoms with E-state index in [0.29, 0.717) is 22.2 Å². The number of H-pyrrole nitrogens is 1. The first-order valence-electron chi connectivity index (χ1n) is 5.82. The van der Waals surface area contributed by atoms with Gasteiger partial charge in [0.25, 0.3) is 0 Å². The van der Waals surface area contributed by atoms with Crippen LogP contribution in [0.1, 0.15) is 25.5 Å². The van der Waals surface area contributed by atoms with Crippen molar-refractivity contribution >= 4 is 17.4 Å². The van der Waals surface area contributed by atoms with Gasteiger partial charge in [0.05, 0.1) is 0 Å². The first kappa shape index (κ1) is 13.7. The van der Waals surface area contributed by atoms with Crippen LogP contribution >= 0.6 is 11.8 Å². The van der Waals surface area contributed by atoms with E-state index in [2.05, 4.69) is 10.2 Å². The Bertz CT molecular complexity index is 635. The van der Waals surface area contributed by atoms with E-state index < -0.39 is 0 Å². The molecule has 0 fully saturated rings. The number of nitrogens with zero attached hydrogens (tertiary/aromatic N) is 2. The Morgan fingerprint density at radius 3 is 2.95 bits per heavy atom. The largest absolute Gasteiger partial charge is 0.398 e. The molecule has 3 N–H and O–H groups in total. The highest BCUT2D eigenvalue weighted by molar-refractivity contribution is 7.98. The maximum atomic E-state index is 13.1. The Morgan fingerprint density at radius 1 is 1.53 bits per heavy atom. The van der Waals surface area contributed by atoms with Crippen molar-refractivity contribution < 1.29 is 4.39 Å². The summed E-state index contributed by atoms with van der Waals surface area (Å²) in [5.41, 5.74) is 6.76. The number of nitrogens with one attached hydrogen (secondary N) is 1. The fourth-order valence-corrected chi connectivity index (χ4v) is 2.77. The Labute approximate surface area is 114 Å². The summed E-state index contributed by atoms with van der Waals surface area (Å²) < 4.78 is 14.7. The van der Waals surface area contributed by atoms with E-state index in [1.165, 1.54) is 30.0 Å². The zero-order chi connectivity index (χ0) is 14.0. The Morgan fingerprint density at radius 2 is 2.26 bits per heavy atom. The number of hydrogen-bond donors (Lipinski definition) is 2. The van der Waals surface area contributed by atoms with Gasteiger partial charge in [0.1, 0.15) is 5.82 Å². The Balaban J connectivity index is 2.19. The predicted molar refractivity (Wildman–Crippen MR) is 73.6 cm³/mol. The molecule has 2 aromatic rings. The number of nitrogens with two attached hydrogens (primary N) is 1. The monoisotopic (exact) mass is 282 g/mol. The smallest absolute Gasteiger partial charge is 0.344 e. The van der Waals surface area contributed by atoms with Gasteiger partial charge in [0.15, 0.2) is 5.16 Å². The van der Waals surface area contributed by atoms with Gasteiger partial charge in [-0.25, -0.2) is 14.3 Å². The average molecular weight is 282 g/mol. The van der Waals surface area contributed by atoms with Crippen LogP contribution in [-0.2, 0) is 5.75 Å². The van der Waals surface area contributed by atoms with Crippen LogP contribution in [-0.4, -0.2) is 14.8 Å². The summed E-state index contributed by atoms with van der Waals surface area (Å²) in [7, 11) is 0. The van der Waals surface area contributed by atoms with Gasteiger partial charge in [-0.3, -0.25) is 4.57 Å². The molecule has 0 spiro atoms. The molecule has 1 heterocycles. The zero-order valence-electron chi connectivity index (χ0n) is 10.7. The lowest BCUT2D eigenvalue weighted by molar-refractivity contribution is 0.534. The lowest BCUT2D eigenvalue weighted by atomic mass is 10.2. The second kappa shape index (κ2) is 5.48. The fourth-order valence-electron chi connectivity index (χ4n) is 1.69. The number of halogens is 1. The summed E-state index contributed by atoms with van der Waals surface area (Å²) >= 11 is 1.35. The molecule has 102 valence electrons. The number of benzene rings is 1. The Kier molecular flexibility index (Phi) is 3.94. The normalized spacial score (nSPS) is 11.2. The van der Waals surface area contributed by atoms with Gasteiger partial charge >= 0.3 is 5.69 Å². The molecule has 7 heteroatoms. The van der Waals surface area contributed by atoms with Crippen LogP contribution < -0.4 is 11.4 Å². The van der Waals surface area contributed by atoms with E-state index in [9.17, 15) is 9.18 Å². The second-order valence-electron chi connectivity index (χ2n) is 4.41. The molecule has 0 aliphatic heterocycles. The number of rotatable bonds is 4. The van der Waals surface area contributed by atoms with E-state index in [1.54, 1.807) is 4.57 Å². The van der Waals surface area contributed by atoms with Crippen LogP contribution in [0.4, 0.5) is 10.1 Å². The molecule has 2 rings (SSSR count). The molecule has 19 heavy (non-hydrogen) atoms. The lowest BCUT2D eigenvalue weighted by Crippen LogP contribution is -2.19. The van der Waals surface area contributed by atoms with Crippen LogP contribution in [0, 0.1) is 5.82 Å². The number of aromatic amines is 1. The number of anilines is 1. The van der Waals surface area contributed by atoms with Crippen LogP contribution in [0.15, 0.2) is 28.2 Å². The van der Waals surface area contributed by atoms with E-state index in [-0.39, 0.29) is 17.5 Å². The number of hydrogen-bond acceptors (Lipinski definition) is 4. The molecule has 0 aliphatic carbocycles. The molecule has 0 saturated heterocycles. The molecule has 0 bridgehead atoms. The van der Waals surface area contributed by atoms with Crippen molar-refractivity contribution in [3.63, 3.8) is 0 Å². The summed E-state index contributed by atoms with van der Waals surface area (Å²) in [6.07, 6.45) is 0. The minimum atomic E-state index is -0.326. The molecule has 0 radical (unpaired) electrons. The molecule has 5 nitrogen and oxygen atoms in total. The van der Waals surface area contributed by atoms with Crippen LogP contribution in [0.3, 0.4) is 0 Å². The SMILES string of the molecule is CC(C)n1c(SCc2cc(F)ccc2N)n[nH]c1=O. The van der Waals surface area contributed by atoms with Crippen molar-refractivity contribution in [2.75, 3.05) is 5.73 Å². The fraction of sp³-hybridized carbons (Fsp3) is 0.333. The van der Waals surface area contributed by atoms with Crippen molar-refractivity contribution in [3.8, 4) is 0 Å². The van der Waals surface area contributed by atoms with Crippen molar-refractivity contribution in [2.45, 2.75) is 30.8 Å². The van der Waals surface area contributed by atoms with Gasteiger partial charge in [-0.05, 0) is 37.6 Å². The molecular weight excluding hydrogens is 267 g/mol. The third-order valence-electron chi connectivity index (χ3n) is 2.65. The van der Waals surface area contributed by atoms with Crippen molar-refractivity contribution in [2.24, 2.45) is 0 Å². The third-order valence-corrected chi connectivity index (χ3v) is 3.65. The number of thioether (sulfide) groups is 1. The minimum Gasteiger partial charge on any atom is -0.398 e. The van der Waals surface area contributed by atoms with Gasteiger partial charge in [-0.15, -0.1) is 5.10 Å². The second-order valence-corrected chi connectivity index (χ2v) is 5.35. The zero-order valence-corrected chi connectivity index (χ0v) is 11.5. The summed E-state index contributed by atoms with van der Waals surface area (Å²) in [4.78, 5) is 11.6. The van der Waals surface area contributed by atoms with Crippen molar-refractivity contribution in [1.29, 1.82) is 0 Å². The molecule has 0 saturated carbocycles. The standard InChI is InChI=1S/C12H15FN4OS/c1-7(2)17-11(18)15-16-12(17)19-6-8-5-9(13)3-4-10(8)14/h3-5,7H,6,14H2,1-2H3,(H,15,18). The third kappa shape index (κ3) is 2.98. The molecular formula is C12H15FN4OS. The molecule has 1 aromatic heterocycles. The topological polar surface area (TPSA) is 76.7 Å². The quantitative estimate of drug-likeness (QED) is 0.665. The van der Waals surface area contributed by atoms with Crippen LogP contribution in [0.25, 0.3) is 0 Å². The van der Waals surface area contributed by atoms with Crippen molar-refractivity contribution in [1.82, 2.24) is 14.8 Å². The van der Waals surface area contributed by atoms with Gasteiger partial charge < -0.3 is 5.73 Å². The van der Waals surface area contributed by atoms with E-state index in [4.69, 9.17) is 5.73 Å². The first-order chi connectivity index (χ1) is 8.99. The number of nitrogen functional groups attached to an aromatic ring is 1. The Hall–Kier alpha value is -1.76. The average Bonchev–Trinajstić information content (AvgIpc) is 2.72. The summed E-state index contributed by atoms with van der Waals surface area (Å²) in [5.74, 6) is 0.133. The highest BCUT2D eigenvalue weighted by Gasteiger charge is 2.12. The lowest BCUT2D eigenvalue weighted by Gasteiger charge is -2.09. The van der Waals surface area contributed by atoms with E-state index in [0.717, 1.165) is 0 Å². The highest BCUT2D eigenvalue weighted by Crippen LogP contribution is 2.25. The molecule has 0 aliphatic rings. The maximum absolute atomic E-state index is 13.1. The highest BCUT2D eigenvalue weighted by atomic mass is 32.2. The summed E-state index contributed by atoms with van der Waals surface area (Å²) in [6, 6.07) is 4.26. The van der Waals surface area contributed by atoms with E-state index in [1.807, 2.05) is 13.8 Å². The molecule has 0 atom stereocenters. The van der Waals surface area contributed by atoms with Crippen LogP contribution in [0.5, 0.6) is 0 Å². The van der Waals surface area contributed by atoms with Crippen LogP contribution in [0.2, 0.25) is 0 Å². The summed E-state index contributed by atoms with van der Waals surface area (Å²) in [6.45, 7) is 3.80. The van der Waals surface area contributed by atoms with Crippen molar-refractivity contribution in [3.05, 3.63) is 40.1 Å². The molecule has 0 unspecified atom stereocenters. The van der Waals surface area contributed by atoms with Gasteiger partial charge in [0.2, 0.25) is 0 Å². The van der Waals surface area contributed by atoms with Gasteiger partial charge in [0, 0.05) is 17.5 Å².